The van der Waals surface area contributed by atoms with Gasteiger partial charge in [0.1, 0.15) is 5.75 Å². The van der Waals surface area contributed by atoms with Gasteiger partial charge in [-0.15, -0.1) is 23.4 Å². The summed E-state index contributed by atoms with van der Waals surface area (Å²) in [6.45, 7) is 0.522. The minimum absolute atomic E-state index is 0.0196. The van der Waals surface area contributed by atoms with Gasteiger partial charge in [0.25, 0.3) is 0 Å². The number of nitrogens with one attached hydrogen (secondary N) is 1. The van der Waals surface area contributed by atoms with Crippen molar-refractivity contribution in [3.05, 3.63) is 65.3 Å². The molecule has 12 heteroatoms. The number of hydrogen-bond acceptors (Lipinski definition) is 7. The third-order valence-electron chi connectivity index (χ3n) is 5.37. The van der Waals surface area contributed by atoms with Gasteiger partial charge in [-0.25, -0.2) is 9.97 Å². The van der Waals surface area contributed by atoms with Crippen LogP contribution >= 0.6 is 11.6 Å². The van der Waals surface area contributed by atoms with Crippen LogP contribution in [0.5, 0.6) is 5.75 Å². The van der Waals surface area contributed by atoms with Gasteiger partial charge >= 0.3 is 6.36 Å². The molecule has 8 nitrogen and oxygen atoms in total. The Kier molecular flexibility index (Phi) is 8.54. The monoisotopic (exact) mass is 533 g/mol. The number of alkyl halides is 3. The molecule has 0 aliphatic heterocycles. The molecular weight excluding hydrogens is 511 g/mol. The lowest BCUT2D eigenvalue weighted by Gasteiger charge is -2.10. The maximum absolute atomic E-state index is 12.4. The third-order valence-corrected chi connectivity index (χ3v) is 5.66. The van der Waals surface area contributed by atoms with E-state index in [-0.39, 0.29) is 16.8 Å². The van der Waals surface area contributed by atoms with E-state index in [4.69, 9.17) is 16.0 Å². The van der Waals surface area contributed by atoms with E-state index in [9.17, 15) is 18.0 Å². The van der Waals surface area contributed by atoms with Crippen LogP contribution in [0.1, 0.15) is 37.3 Å². The molecule has 1 aromatic carbocycles. The SMILES string of the molecule is O=C(CCCc1ccc2cccnc2n1)NCCCCc1nnc(-c2ccc(OC(F)(F)F)c(Cl)c2)o1. The summed E-state index contributed by atoms with van der Waals surface area (Å²) in [5, 5.41) is 11.5. The Morgan fingerprint density at radius 2 is 1.92 bits per heavy atom. The van der Waals surface area contributed by atoms with E-state index in [2.05, 4.69) is 30.2 Å². The summed E-state index contributed by atoms with van der Waals surface area (Å²) in [6.07, 6.45) is 0.579. The standard InChI is InChI=1S/C25H23ClF3N5O3/c26-19-15-17(10-12-20(19)37-25(27,28)29)24-34-33-22(36-24)8-1-2-13-30-21(35)7-3-6-18-11-9-16-5-4-14-31-23(16)32-18/h4-5,9-12,14-15H,1-3,6-8,13H2,(H,30,35). The van der Waals surface area contributed by atoms with Crippen LogP contribution < -0.4 is 10.1 Å². The first-order valence-electron chi connectivity index (χ1n) is 11.6. The smallest absolute Gasteiger partial charge is 0.421 e. The molecule has 4 rings (SSSR count). The fourth-order valence-corrected chi connectivity index (χ4v) is 3.81. The Labute approximate surface area is 215 Å². The van der Waals surface area contributed by atoms with E-state index in [1.807, 2.05) is 24.3 Å². The van der Waals surface area contributed by atoms with Gasteiger partial charge in [-0.3, -0.25) is 4.79 Å². The second kappa shape index (κ2) is 12.0. The number of carbonyl (C=O) groups is 1. The Balaban J connectivity index is 1.14. The average molecular weight is 534 g/mol. The highest BCUT2D eigenvalue weighted by Crippen LogP contribution is 2.33. The molecule has 0 saturated carbocycles. The summed E-state index contributed by atoms with van der Waals surface area (Å²) < 4.78 is 46.6. The van der Waals surface area contributed by atoms with Crippen LogP contribution in [-0.4, -0.2) is 39.0 Å². The van der Waals surface area contributed by atoms with E-state index in [0.29, 0.717) is 55.8 Å². The third kappa shape index (κ3) is 7.88. The maximum Gasteiger partial charge on any atom is 0.573 e. The Bertz CT molecular complexity index is 1360. The summed E-state index contributed by atoms with van der Waals surface area (Å²) in [7, 11) is 0. The second-order valence-electron chi connectivity index (χ2n) is 8.21. The largest absolute Gasteiger partial charge is 0.573 e. The number of hydrogen-bond donors (Lipinski definition) is 1. The van der Waals surface area contributed by atoms with Crippen molar-refractivity contribution in [1.82, 2.24) is 25.5 Å². The van der Waals surface area contributed by atoms with Crippen molar-refractivity contribution >= 4 is 28.5 Å². The van der Waals surface area contributed by atoms with Crippen molar-refractivity contribution in [2.45, 2.75) is 44.9 Å². The molecule has 37 heavy (non-hydrogen) atoms. The lowest BCUT2D eigenvalue weighted by molar-refractivity contribution is -0.274. The summed E-state index contributed by atoms with van der Waals surface area (Å²) in [6, 6.07) is 11.5. The number of ether oxygens (including phenoxy) is 1. The van der Waals surface area contributed by atoms with Crippen molar-refractivity contribution in [3.8, 4) is 17.2 Å². The van der Waals surface area contributed by atoms with Crippen molar-refractivity contribution in [1.29, 1.82) is 0 Å². The van der Waals surface area contributed by atoms with E-state index >= 15 is 0 Å². The van der Waals surface area contributed by atoms with Gasteiger partial charge in [-0.1, -0.05) is 11.6 Å². The summed E-state index contributed by atoms with van der Waals surface area (Å²) in [4.78, 5) is 20.9. The lowest BCUT2D eigenvalue weighted by Crippen LogP contribution is -2.24. The van der Waals surface area contributed by atoms with E-state index in [1.165, 1.54) is 12.1 Å². The quantitative estimate of drug-likeness (QED) is 0.247. The van der Waals surface area contributed by atoms with Gasteiger partial charge in [0, 0.05) is 42.2 Å². The van der Waals surface area contributed by atoms with Crippen LogP contribution in [0.2, 0.25) is 5.02 Å². The van der Waals surface area contributed by atoms with Gasteiger partial charge in [-0.2, -0.15) is 0 Å². The Morgan fingerprint density at radius 1 is 1.05 bits per heavy atom. The highest BCUT2D eigenvalue weighted by atomic mass is 35.5. The number of amides is 1. The molecular formula is C25H23ClF3N5O3. The van der Waals surface area contributed by atoms with Crippen LogP contribution in [-0.2, 0) is 17.6 Å². The van der Waals surface area contributed by atoms with Gasteiger partial charge < -0.3 is 14.5 Å². The predicted octanol–water partition coefficient (Wildman–Crippen LogP) is 5.69. The highest BCUT2D eigenvalue weighted by Gasteiger charge is 2.32. The zero-order chi connectivity index (χ0) is 26.3. The first-order valence-corrected chi connectivity index (χ1v) is 12.0. The van der Waals surface area contributed by atoms with Gasteiger partial charge in [0.2, 0.25) is 17.7 Å². The zero-order valence-electron chi connectivity index (χ0n) is 19.6. The van der Waals surface area contributed by atoms with E-state index < -0.39 is 12.1 Å². The molecule has 194 valence electrons. The molecule has 0 aliphatic carbocycles. The van der Waals surface area contributed by atoms with Crippen molar-refractivity contribution < 1.29 is 27.1 Å². The molecule has 0 atom stereocenters. The molecule has 0 bridgehead atoms. The number of nitrogens with zero attached hydrogens (tertiary/aromatic N) is 4. The number of pyridine rings is 2. The molecule has 0 unspecified atom stereocenters. The number of aromatic nitrogens is 4. The first-order chi connectivity index (χ1) is 17.8. The predicted molar refractivity (Wildman–Crippen MR) is 130 cm³/mol. The Hall–Kier alpha value is -3.73. The molecule has 1 amide bonds. The van der Waals surface area contributed by atoms with Gasteiger partial charge in [0.15, 0.2) is 5.65 Å². The number of unbranched alkanes of at least 4 members (excludes halogenated alkanes) is 1. The number of aryl methyl sites for hydroxylation is 2. The first kappa shape index (κ1) is 26.3. The maximum atomic E-state index is 12.4. The summed E-state index contributed by atoms with van der Waals surface area (Å²) in [5.74, 6) is -0.0120. The molecule has 0 aliphatic rings. The lowest BCUT2D eigenvalue weighted by atomic mass is 10.1. The molecule has 0 saturated heterocycles. The van der Waals surface area contributed by atoms with Crippen molar-refractivity contribution in [2.75, 3.05) is 6.54 Å². The average Bonchev–Trinajstić information content (AvgIpc) is 3.33. The number of benzene rings is 1. The van der Waals surface area contributed by atoms with Crippen LogP contribution in [0.4, 0.5) is 13.2 Å². The number of fused-ring (bicyclic) bond motifs is 1. The fraction of sp³-hybridized carbons (Fsp3) is 0.320. The van der Waals surface area contributed by atoms with E-state index in [1.54, 1.807) is 6.20 Å². The molecule has 3 heterocycles. The molecule has 1 N–H and O–H groups in total. The molecule has 0 radical (unpaired) electrons. The van der Waals surface area contributed by atoms with Crippen molar-refractivity contribution in [2.24, 2.45) is 0 Å². The molecule has 0 fully saturated rings. The zero-order valence-corrected chi connectivity index (χ0v) is 20.3. The van der Waals surface area contributed by atoms with Crippen LogP contribution in [0.15, 0.2) is 53.1 Å². The summed E-state index contributed by atoms with van der Waals surface area (Å²) >= 11 is 5.86. The van der Waals surface area contributed by atoms with E-state index in [0.717, 1.165) is 23.6 Å². The topological polar surface area (TPSA) is 103 Å². The molecule has 3 aromatic heterocycles. The van der Waals surface area contributed by atoms with Crippen LogP contribution in [0.3, 0.4) is 0 Å². The molecule has 4 aromatic rings. The summed E-state index contributed by atoms with van der Waals surface area (Å²) in [5.41, 5.74) is 1.99. The van der Waals surface area contributed by atoms with Gasteiger partial charge in [0.05, 0.1) is 5.02 Å². The minimum atomic E-state index is -4.84. The molecule has 0 spiro atoms. The number of rotatable bonds is 11. The minimum Gasteiger partial charge on any atom is -0.421 e. The normalized spacial score (nSPS) is 11.6. The second-order valence-corrected chi connectivity index (χ2v) is 8.61. The van der Waals surface area contributed by atoms with Crippen LogP contribution in [0.25, 0.3) is 22.5 Å². The van der Waals surface area contributed by atoms with Crippen LogP contribution in [0, 0.1) is 0 Å². The number of carbonyl (C=O) groups excluding carboxylic acids is 1. The fourth-order valence-electron chi connectivity index (χ4n) is 3.59. The number of halogens is 4. The Morgan fingerprint density at radius 3 is 2.73 bits per heavy atom. The van der Waals surface area contributed by atoms with Gasteiger partial charge in [-0.05, 0) is 68.1 Å². The highest BCUT2D eigenvalue weighted by molar-refractivity contribution is 6.32. The van der Waals surface area contributed by atoms with Crippen molar-refractivity contribution in [3.63, 3.8) is 0 Å².